The molecule has 17 heavy (non-hydrogen) atoms. The summed E-state index contributed by atoms with van der Waals surface area (Å²) in [4.78, 5) is 5.42. The summed E-state index contributed by atoms with van der Waals surface area (Å²) in [7, 11) is 0. The lowest BCUT2D eigenvalue weighted by Gasteiger charge is -2.43. The average Bonchev–Trinajstić information content (AvgIpc) is 2.56. The Balaban J connectivity index is 0.00000144. The summed E-state index contributed by atoms with van der Waals surface area (Å²) in [5.41, 5.74) is 0.796. The summed E-state index contributed by atoms with van der Waals surface area (Å²) < 4.78 is 0. The van der Waals surface area contributed by atoms with Crippen LogP contribution in [0, 0.1) is 5.41 Å². The van der Waals surface area contributed by atoms with Gasteiger partial charge in [-0.3, -0.25) is 9.80 Å². The van der Waals surface area contributed by atoms with Gasteiger partial charge in [0.15, 0.2) is 0 Å². The largest absolute Gasteiger partial charge is 0.297 e. The molecule has 2 fully saturated rings. The van der Waals surface area contributed by atoms with E-state index in [1.54, 1.807) is 0 Å². The molecule has 2 aliphatic heterocycles. The minimum Gasteiger partial charge on any atom is -0.297 e. The standard InChI is InChI=1S/C14H28N2.CH4/c1-13(2,3)10-15-8-12-7-11(15)9-16(12)14(4,5)6;/h11-12H,7-10H2,1-6H3;1H4. The fourth-order valence-electron chi connectivity index (χ4n) is 3.37. The summed E-state index contributed by atoms with van der Waals surface area (Å²) in [6, 6.07) is 1.63. The van der Waals surface area contributed by atoms with Crippen LogP contribution in [0.4, 0.5) is 0 Å². The molecule has 102 valence electrons. The predicted molar refractivity (Wildman–Crippen MR) is 76.4 cm³/mol. The molecule has 0 aromatic rings. The van der Waals surface area contributed by atoms with Gasteiger partial charge in [-0.25, -0.2) is 0 Å². The number of rotatable bonds is 1. The third-order valence-corrected chi connectivity index (χ3v) is 3.89. The second-order valence-corrected chi connectivity index (χ2v) is 7.86. The van der Waals surface area contributed by atoms with Crippen molar-refractivity contribution < 1.29 is 0 Å². The van der Waals surface area contributed by atoms with Crippen LogP contribution >= 0.6 is 0 Å². The van der Waals surface area contributed by atoms with Crippen LogP contribution in [0.3, 0.4) is 0 Å². The topological polar surface area (TPSA) is 6.48 Å². The molecule has 0 amide bonds. The predicted octanol–water partition coefficient (Wildman–Crippen LogP) is 3.23. The molecular formula is C15H32N2. The summed E-state index contributed by atoms with van der Waals surface area (Å²) in [6.07, 6.45) is 1.40. The number of likely N-dealkylation sites (tertiary alicyclic amines) is 2. The van der Waals surface area contributed by atoms with E-state index in [2.05, 4.69) is 51.3 Å². The molecule has 0 spiro atoms. The molecule has 0 saturated carbocycles. The Morgan fingerprint density at radius 2 is 1.53 bits per heavy atom. The normalized spacial score (nSPS) is 30.7. The molecule has 2 unspecified atom stereocenters. The lowest BCUT2D eigenvalue weighted by Crippen LogP contribution is -2.54. The number of nitrogens with zero attached hydrogens (tertiary/aromatic N) is 2. The highest BCUT2D eigenvalue weighted by Gasteiger charge is 2.47. The Morgan fingerprint density at radius 1 is 0.941 bits per heavy atom. The maximum absolute atomic E-state index is 2.72. The van der Waals surface area contributed by atoms with Gasteiger partial charge in [0.05, 0.1) is 0 Å². The first-order valence-electron chi connectivity index (χ1n) is 6.68. The minimum absolute atomic E-state index is 0. The van der Waals surface area contributed by atoms with Crippen molar-refractivity contribution in [2.75, 3.05) is 19.6 Å². The lowest BCUT2D eigenvalue weighted by molar-refractivity contribution is 0.0443. The Hall–Kier alpha value is -0.0800. The molecule has 2 nitrogen and oxygen atoms in total. The van der Waals surface area contributed by atoms with E-state index in [-0.39, 0.29) is 7.43 Å². The summed E-state index contributed by atoms with van der Waals surface area (Å²) >= 11 is 0. The van der Waals surface area contributed by atoms with Crippen LogP contribution in [-0.4, -0.2) is 47.1 Å². The van der Waals surface area contributed by atoms with Crippen LogP contribution in [0.5, 0.6) is 0 Å². The average molecular weight is 240 g/mol. The van der Waals surface area contributed by atoms with Crippen molar-refractivity contribution in [2.24, 2.45) is 5.41 Å². The van der Waals surface area contributed by atoms with Crippen molar-refractivity contribution in [1.29, 1.82) is 0 Å². The zero-order chi connectivity index (χ0) is 12.1. The van der Waals surface area contributed by atoms with Gasteiger partial charge in [0, 0.05) is 37.3 Å². The molecule has 2 atom stereocenters. The van der Waals surface area contributed by atoms with Crippen molar-refractivity contribution >= 4 is 0 Å². The second-order valence-electron chi connectivity index (χ2n) is 7.86. The van der Waals surface area contributed by atoms with E-state index in [0.717, 1.165) is 12.1 Å². The molecule has 2 aliphatic rings. The fraction of sp³-hybridized carbons (Fsp3) is 1.00. The van der Waals surface area contributed by atoms with Crippen molar-refractivity contribution in [3.63, 3.8) is 0 Å². The fourth-order valence-corrected chi connectivity index (χ4v) is 3.37. The minimum atomic E-state index is 0. The molecule has 0 aromatic carbocycles. The van der Waals surface area contributed by atoms with Gasteiger partial charge in [-0.15, -0.1) is 0 Å². The second kappa shape index (κ2) is 4.55. The van der Waals surface area contributed by atoms with E-state index < -0.39 is 0 Å². The van der Waals surface area contributed by atoms with Crippen molar-refractivity contribution in [3.05, 3.63) is 0 Å². The third kappa shape index (κ3) is 3.23. The van der Waals surface area contributed by atoms with E-state index in [4.69, 9.17) is 0 Å². The number of hydrogen-bond donors (Lipinski definition) is 0. The van der Waals surface area contributed by atoms with E-state index in [9.17, 15) is 0 Å². The number of fused-ring (bicyclic) bond motifs is 2. The quantitative estimate of drug-likeness (QED) is 0.694. The molecular weight excluding hydrogens is 208 g/mol. The van der Waals surface area contributed by atoms with E-state index in [0.29, 0.717) is 11.0 Å². The van der Waals surface area contributed by atoms with Crippen LogP contribution < -0.4 is 0 Å². The van der Waals surface area contributed by atoms with Crippen molar-refractivity contribution in [1.82, 2.24) is 9.80 Å². The van der Waals surface area contributed by atoms with Crippen molar-refractivity contribution in [3.8, 4) is 0 Å². The molecule has 2 saturated heterocycles. The highest BCUT2D eigenvalue weighted by Crippen LogP contribution is 2.36. The number of hydrogen-bond acceptors (Lipinski definition) is 2. The maximum Gasteiger partial charge on any atom is 0.0244 e. The Bertz CT molecular complexity index is 259. The van der Waals surface area contributed by atoms with Crippen LogP contribution in [0.2, 0.25) is 0 Å². The molecule has 0 aliphatic carbocycles. The van der Waals surface area contributed by atoms with Crippen LogP contribution in [0.1, 0.15) is 55.4 Å². The highest BCUT2D eigenvalue weighted by molar-refractivity contribution is 5.03. The van der Waals surface area contributed by atoms with Gasteiger partial charge in [-0.2, -0.15) is 0 Å². The first-order valence-corrected chi connectivity index (χ1v) is 6.68. The van der Waals surface area contributed by atoms with Gasteiger partial charge in [-0.1, -0.05) is 28.2 Å². The van der Waals surface area contributed by atoms with Crippen LogP contribution in [-0.2, 0) is 0 Å². The molecule has 0 aromatic heterocycles. The monoisotopic (exact) mass is 240 g/mol. The van der Waals surface area contributed by atoms with Gasteiger partial charge in [0.2, 0.25) is 0 Å². The first-order chi connectivity index (χ1) is 7.17. The van der Waals surface area contributed by atoms with Gasteiger partial charge in [0.25, 0.3) is 0 Å². The van der Waals surface area contributed by atoms with Gasteiger partial charge >= 0.3 is 0 Å². The smallest absolute Gasteiger partial charge is 0.0244 e. The first kappa shape index (κ1) is 15.0. The Morgan fingerprint density at radius 3 is 1.88 bits per heavy atom. The molecule has 2 heterocycles. The SMILES string of the molecule is C.CC(C)(C)CN1CC2CC1CN2C(C)(C)C. The van der Waals surface area contributed by atoms with Crippen LogP contribution in [0.15, 0.2) is 0 Å². The molecule has 2 rings (SSSR count). The van der Waals surface area contributed by atoms with Gasteiger partial charge < -0.3 is 0 Å². The summed E-state index contributed by atoms with van der Waals surface area (Å²) in [6.45, 7) is 17.9. The van der Waals surface area contributed by atoms with E-state index in [1.165, 1.54) is 26.1 Å². The number of piperazine rings is 1. The molecule has 0 N–H and O–H groups in total. The molecule has 2 bridgehead atoms. The molecule has 2 heteroatoms. The Kier molecular flexibility index (Phi) is 4.01. The summed E-state index contributed by atoms with van der Waals surface area (Å²) in [5, 5.41) is 0. The highest BCUT2D eigenvalue weighted by atomic mass is 15.4. The lowest BCUT2D eigenvalue weighted by atomic mass is 9.95. The van der Waals surface area contributed by atoms with Crippen molar-refractivity contribution in [2.45, 2.75) is 73.0 Å². The molecule has 0 radical (unpaired) electrons. The third-order valence-electron chi connectivity index (χ3n) is 3.89. The van der Waals surface area contributed by atoms with Gasteiger partial charge in [-0.05, 0) is 32.6 Å². The van der Waals surface area contributed by atoms with Crippen LogP contribution in [0.25, 0.3) is 0 Å². The van der Waals surface area contributed by atoms with Gasteiger partial charge in [0.1, 0.15) is 0 Å². The maximum atomic E-state index is 2.72. The van der Waals surface area contributed by atoms with E-state index >= 15 is 0 Å². The van der Waals surface area contributed by atoms with E-state index in [1.807, 2.05) is 0 Å². The zero-order valence-corrected chi connectivity index (χ0v) is 11.9. The zero-order valence-electron chi connectivity index (χ0n) is 11.9. The summed E-state index contributed by atoms with van der Waals surface area (Å²) in [5.74, 6) is 0. The Labute approximate surface area is 108 Å².